The summed E-state index contributed by atoms with van der Waals surface area (Å²) in [5, 5.41) is 7.21. The third-order valence-electron chi connectivity index (χ3n) is 4.34. The highest BCUT2D eigenvalue weighted by Gasteiger charge is 2.37. The fraction of sp³-hybridized carbons (Fsp3) is 1.00. The summed E-state index contributed by atoms with van der Waals surface area (Å²) in [6, 6.07) is 0.665. The molecule has 0 aromatic carbocycles. The molecule has 2 aliphatic heterocycles. The van der Waals surface area contributed by atoms with Crippen LogP contribution in [0.2, 0.25) is 0 Å². The Kier molecular flexibility index (Phi) is 3.33. The van der Waals surface area contributed by atoms with E-state index in [1.807, 2.05) is 0 Å². The molecule has 2 saturated heterocycles. The summed E-state index contributed by atoms with van der Waals surface area (Å²) < 4.78 is 5.63. The first-order chi connectivity index (χ1) is 7.12. The highest BCUT2D eigenvalue weighted by atomic mass is 16.5. The van der Waals surface area contributed by atoms with Gasteiger partial charge in [-0.05, 0) is 46.1 Å². The van der Waals surface area contributed by atoms with E-state index < -0.39 is 0 Å². The van der Waals surface area contributed by atoms with Gasteiger partial charge >= 0.3 is 0 Å². The third kappa shape index (κ3) is 2.35. The van der Waals surface area contributed by atoms with Gasteiger partial charge in [-0.3, -0.25) is 0 Å². The summed E-state index contributed by atoms with van der Waals surface area (Å²) in [7, 11) is 0. The number of hydrogen-bond donors (Lipinski definition) is 2. The molecule has 3 nitrogen and oxygen atoms in total. The largest absolute Gasteiger partial charge is 0.377 e. The Bertz CT molecular complexity index is 222. The minimum Gasteiger partial charge on any atom is -0.377 e. The van der Waals surface area contributed by atoms with E-state index in [4.69, 9.17) is 4.74 Å². The summed E-state index contributed by atoms with van der Waals surface area (Å²) in [4.78, 5) is 0. The minimum absolute atomic E-state index is 0.197. The molecule has 2 fully saturated rings. The lowest BCUT2D eigenvalue weighted by atomic mass is 9.92. The second-order valence-corrected chi connectivity index (χ2v) is 5.35. The van der Waals surface area contributed by atoms with E-state index in [0.717, 1.165) is 25.5 Å². The first-order valence-electron chi connectivity index (χ1n) is 6.22. The monoisotopic (exact) mass is 212 g/mol. The molecule has 4 unspecified atom stereocenters. The van der Waals surface area contributed by atoms with Crippen molar-refractivity contribution >= 4 is 0 Å². The van der Waals surface area contributed by atoms with E-state index in [1.54, 1.807) is 0 Å². The highest BCUT2D eigenvalue weighted by molar-refractivity contribution is 4.95. The fourth-order valence-corrected chi connectivity index (χ4v) is 2.62. The van der Waals surface area contributed by atoms with Crippen LogP contribution in [0.5, 0.6) is 0 Å². The Labute approximate surface area is 93.0 Å². The van der Waals surface area contributed by atoms with Crippen LogP contribution in [-0.2, 0) is 4.74 Å². The third-order valence-corrected chi connectivity index (χ3v) is 4.34. The maximum atomic E-state index is 5.63. The van der Waals surface area contributed by atoms with Crippen LogP contribution in [0.3, 0.4) is 0 Å². The molecule has 0 spiro atoms. The van der Waals surface area contributed by atoms with Crippen LogP contribution in [-0.4, -0.2) is 37.4 Å². The van der Waals surface area contributed by atoms with Crippen LogP contribution < -0.4 is 10.6 Å². The second-order valence-electron chi connectivity index (χ2n) is 5.35. The van der Waals surface area contributed by atoms with Crippen molar-refractivity contribution in [3.63, 3.8) is 0 Å². The minimum atomic E-state index is 0.197. The van der Waals surface area contributed by atoms with Gasteiger partial charge < -0.3 is 15.4 Å². The zero-order valence-electron chi connectivity index (χ0n) is 10.2. The predicted octanol–water partition coefficient (Wildman–Crippen LogP) is 1.14. The topological polar surface area (TPSA) is 33.3 Å². The van der Waals surface area contributed by atoms with Crippen molar-refractivity contribution in [2.45, 2.75) is 51.3 Å². The van der Waals surface area contributed by atoms with Crippen molar-refractivity contribution in [3.8, 4) is 0 Å². The quantitative estimate of drug-likeness (QED) is 0.736. The lowest BCUT2D eigenvalue weighted by Gasteiger charge is -2.31. The summed E-state index contributed by atoms with van der Waals surface area (Å²) in [6.07, 6.45) is 2.80. The van der Waals surface area contributed by atoms with Crippen LogP contribution in [0.4, 0.5) is 0 Å². The molecule has 3 heteroatoms. The van der Waals surface area contributed by atoms with E-state index >= 15 is 0 Å². The average Bonchev–Trinajstić information content (AvgIpc) is 2.73. The average molecular weight is 212 g/mol. The summed E-state index contributed by atoms with van der Waals surface area (Å²) in [6.45, 7) is 9.96. The van der Waals surface area contributed by atoms with Crippen molar-refractivity contribution in [1.29, 1.82) is 0 Å². The first kappa shape index (κ1) is 11.4. The van der Waals surface area contributed by atoms with Crippen molar-refractivity contribution < 1.29 is 4.74 Å². The van der Waals surface area contributed by atoms with Crippen LogP contribution in [0.1, 0.15) is 33.6 Å². The van der Waals surface area contributed by atoms with E-state index in [0.29, 0.717) is 12.1 Å². The number of hydrogen-bond acceptors (Lipinski definition) is 3. The van der Waals surface area contributed by atoms with Gasteiger partial charge in [0.05, 0.1) is 6.10 Å². The van der Waals surface area contributed by atoms with Gasteiger partial charge in [0, 0.05) is 24.7 Å². The smallest absolute Gasteiger partial charge is 0.0726 e. The number of ether oxygens (including phenoxy) is 1. The molecule has 2 N–H and O–H groups in total. The molecule has 0 aromatic heterocycles. The van der Waals surface area contributed by atoms with Gasteiger partial charge in [0.25, 0.3) is 0 Å². The molecule has 0 saturated carbocycles. The molecule has 2 aliphatic rings. The van der Waals surface area contributed by atoms with E-state index in [-0.39, 0.29) is 5.54 Å². The molecule has 2 rings (SSSR count). The van der Waals surface area contributed by atoms with E-state index in [2.05, 4.69) is 31.4 Å². The summed E-state index contributed by atoms with van der Waals surface area (Å²) >= 11 is 0. The van der Waals surface area contributed by atoms with Crippen molar-refractivity contribution in [2.24, 2.45) is 5.92 Å². The normalized spacial score (nSPS) is 46.2. The number of rotatable bonds is 3. The van der Waals surface area contributed by atoms with Crippen LogP contribution in [0.15, 0.2) is 0 Å². The van der Waals surface area contributed by atoms with Gasteiger partial charge in [-0.15, -0.1) is 0 Å². The van der Waals surface area contributed by atoms with Crippen LogP contribution in [0.25, 0.3) is 0 Å². The lowest BCUT2D eigenvalue weighted by Crippen LogP contribution is -2.50. The highest BCUT2D eigenvalue weighted by Crippen LogP contribution is 2.26. The van der Waals surface area contributed by atoms with Crippen molar-refractivity contribution in [2.75, 3.05) is 19.7 Å². The number of nitrogens with one attached hydrogen (secondary N) is 2. The molecule has 2 heterocycles. The molecule has 4 atom stereocenters. The molecule has 0 amide bonds. The Morgan fingerprint density at radius 3 is 2.80 bits per heavy atom. The van der Waals surface area contributed by atoms with Gasteiger partial charge in [-0.25, -0.2) is 0 Å². The Morgan fingerprint density at radius 1 is 1.47 bits per heavy atom. The van der Waals surface area contributed by atoms with E-state index in [9.17, 15) is 0 Å². The first-order valence-corrected chi connectivity index (χ1v) is 6.22. The molecule has 0 radical (unpaired) electrons. The van der Waals surface area contributed by atoms with Crippen molar-refractivity contribution in [1.82, 2.24) is 10.6 Å². The lowest BCUT2D eigenvalue weighted by molar-refractivity contribution is 0.0869. The molecule has 88 valence electrons. The van der Waals surface area contributed by atoms with Gasteiger partial charge in [0.2, 0.25) is 0 Å². The zero-order chi connectivity index (χ0) is 10.9. The van der Waals surface area contributed by atoms with E-state index in [1.165, 1.54) is 13.0 Å². The van der Waals surface area contributed by atoms with Crippen LogP contribution >= 0.6 is 0 Å². The SMILES string of the molecule is CC1NCCC1CNC1(C)CCOC1C. The molecule has 0 aliphatic carbocycles. The molecule has 0 bridgehead atoms. The Morgan fingerprint density at radius 2 is 2.27 bits per heavy atom. The summed E-state index contributed by atoms with van der Waals surface area (Å²) in [5.41, 5.74) is 0.197. The molecule has 0 aromatic rings. The van der Waals surface area contributed by atoms with Crippen LogP contribution in [0, 0.1) is 5.92 Å². The predicted molar refractivity (Wildman–Crippen MR) is 62.0 cm³/mol. The van der Waals surface area contributed by atoms with Gasteiger partial charge in [0.15, 0.2) is 0 Å². The Balaban J connectivity index is 1.81. The summed E-state index contributed by atoms with van der Waals surface area (Å²) in [5.74, 6) is 0.787. The second kappa shape index (κ2) is 4.40. The van der Waals surface area contributed by atoms with Gasteiger partial charge in [-0.1, -0.05) is 0 Å². The molecule has 15 heavy (non-hydrogen) atoms. The zero-order valence-corrected chi connectivity index (χ0v) is 10.2. The standard InChI is InChI=1S/C12H24N2O/c1-9-11(4-6-13-9)8-14-12(3)5-7-15-10(12)2/h9-11,13-14H,4-8H2,1-3H3. The fourth-order valence-electron chi connectivity index (χ4n) is 2.62. The molecular weight excluding hydrogens is 188 g/mol. The molecular formula is C12H24N2O. The van der Waals surface area contributed by atoms with Gasteiger partial charge in [-0.2, -0.15) is 0 Å². The van der Waals surface area contributed by atoms with Gasteiger partial charge in [0.1, 0.15) is 0 Å². The maximum Gasteiger partial charge on any atom is 0.0726 e. The maximum absolute atomic E-state index is 5.63. The van der Waals surface area contributed by atoms with Crippen molar-refractivity contribution in [3.05, 3.63) is 0 Å². The Hall–Kier alpha value is -0.120.